The molecule has 0 rings (SSSR count). The normalized spacial score (nSPS) is 11.7. The fourth-order valence-corrected chi connectivity index (χ4v) is 70.7. The van der Waals surface area contributed by atoms with Crippen LogP contribution in [0.4, 0.5) is 0 Å². The minimum absolute atomic E-state index is 1.01. The number of rotatable bonds is 14. The number of hydrogen-bond acceptors (Lipinski definition) is 1. The van der Waals surface area contributed by atoms with E-state index >= 15 is 0 Å². The van der Waals surface area contributed by atoms with Crippen LogP contribution in [0.1, 0.15) is 79.1 Å². The first-order chi connectivity index (χ1) is 9.28. The van der Waals surface area contributed by atoms with Crippen LogP contribution in [-0.2, 0) is 0 Å². The van der Waals surface area contributed by atoms with Crippen molar-refractivity contribution in [2.45, 2.75) is 96.8 Å². The van der Waals surface area contributed by atoms with Crippen molar-refractivity contribution >= 4 is 42.9 Å². The topological polar surface area (TPSA) is 0 Å². The van der Waals surface area contributed by atoms with Crippen LogP contribution in [0.25, 0.3) is 0 Å². The van der Waals surface area contributed by atoms with Gasteiger partial charge in [0.2, 0.25) is 0 Å². The van der Waals surface area contributed by atoms with E-state index in [0.717, 1.165) is 0 Å². The zero-order valence-corrected chi connectivity index (χ0v) is 20.4. The van der Waals surface area contributed by atoms with Crippen molar-refractivity contribution in [3.05, 3.63) is 0 Å². The summed E-state index contributed by atoms with van der Waals surface area (Å²) in [5.74, 6) is 0. The van der Waals surface area contributed by atoms with Crippen molar-refractivity contribution in [1.29, 1.82) is 0 Å². The zero-order chi connectivity index (χ0) is 14.3. The van der Waals surface area contributed by atoms with Crippen LogP contribution in [0.15, 0.2) is 0 Å². The number of unbranched alkanes of at least 4 members (excludes halogenated alkanes) is 4. The summed E-state index contributed by atoms with van der Waals surface area (Å²) in [5, 5.41) is 0. The second-order valence-corrected chi connectivity index (χ2v) is 38.9. The molecule has 114 valence electrons. The van der Waals surface area contributed by atoms with E-state index in [1.54, 1.807) is 43.4 Å². The van der Waals surface area contributed by atoms with Gasteiger partial charge in [-0.1, -0.05) is 0 Å². The van der Waals surface area contributed by atoms with Crippen LogP contribution in [0, 0.1) is 0 Å². The van der Waals surface area contributed by atoms with Crippen molar-refractivity contribution in [1.82, 2.24) is 0 Å². The molecule has 0 N–H and O–H groups in total. The van der Waals surface area contributed by atoms with Gasteiger partial charge in [-0.05, 0) is 0 Å². The van der Waals surface area contributed by atoms with Crippen molar-refractivity contribution in [2.75, 3.05) is 0 Å². The Morgan fingerprint density at radius 2 is 0.789 bits per heavy atom. The van der Waals surface area contributed by atoms with Gasteiger partial charge in [0.1, 0.15) is 0 Å². The van der Waals surface area contributed by atoms with E-state index in [1.807, 2.05) is 0 Å². The molecule has 3 heteroatoms. The Kier molecular flexibility index (Phi) is 18.0. The van der Waals surface area contributed by atoms with Crippen LogP contribution >= 0.6 is 6.13 Å². The van der Waals surface area contributed by atoms with Gasteiger partial charge in [-0.3, -0.25) is 0 Å². The monoisotopic (exact) mass is 500 g/mol. The summed E-state index contributed by atoms with van der Waals surface area (Å²) < 4.78 is 6.80. The minimum atomic E-state index is -1.01. The molecule has 0 bridgehead atoms. The van der Waals surface area contributed by atoms with Gasteiger partial charge in [0, 0.05) is 0 Å². The summed E-state index contributed by atoms with van der Waals surface area (Å²) in [6, 6.07) is 0. The molecule has 0 aliphatic heterocycles. The van der Waals surface area contributed by atoms with Gasteiger partial charge in [0.05, 0.1) is 0 Å². The molecule has 2 radical (unpaired) electrons. The molecule has 0 fully saturated rings. The number of hydrogen-bond donors (Lipinski definition) is 0. The fourth-order valence-electron chi connectivity index (χ4n) is 2.15. The van der Waals surface area contributed by atoms with Gasteiger partial charge in [-0.2, -0.15) is 0 Å². The van der Waals surface area contributed by atoms with Crippen LogP contribution in [0.2, 0.25) is 17.7 Å². The first-order valence-corrected chi connectivity index (χ1v) is 24.5. The fraction of sp³-hybridized carbons (Fsp3) is 1.00. The third-order valence-corrected chi connectivity index (χ3v) is 58.1. The molecular weight excluding hydrogens is 462 g/mol. The van der Waals surface area contributed by atoms with E-state index in [4.69, 9.17) is 0 Å². The molecule has 0 aromatic heterocycles. The van der Waals surface area contributed by atoms with Crippen LogP contribution in [0.3, 0.4) is 0 Å². The third-order valence-electron chi connectivity index (χ3n) is 3.53. The molecule has 0 saturated carbocycles. The zero-order valence-electron chi connectivity index (χ0n) is 13.9. The molecule has 0 spiro atoms. The Labute approximate surface area is 138 Å². The van der Waals surface area contributed by atoms with E-state index < -0.39 is 36.8 Å². The Balaban J connectivity index is 4.16. The van der Waals surface area contributed by atoms with Crippen molar-refractivity contribution < 1.29 is 0 Å². The Hall–Kier alpha value is 1.95. The van der Waals surface area contributed by atoms with Gasteiger partial charge in [0.25, 0.3) is 0 Å². The predicted octanol–water partition coefficient (Wildman–Crippen LogP) is 6.90. The van der Waals surface area contributed by atoms with Gasteiger partial charge in [-0.15, -0.1) is 0 Å². The Morgan fingerprint density at radius 3 is 1.00 bits per heavy atom. The van der Waals surface area contributed by atoms with Gasteiger partial charge in [-0.25, -0.2) is 0 Å². The van der Waals surface area contributed by atoms with Crippen LogP contribution < -0.4 is 0 Å². The van der Waals surface area contributed by atoms with Crippen LogP contribution in [-0.4, -0.2) is 36.8 Å². The van der Waals surface area contributed by atoms with Crippen LogP contribution in [0.5, 0.6) is 0 Å². The first kappa shape index (κ1) is 20.9. The molecule has 0 aromatic carbocycles. The summed E-state index contributed by atoms with van der Waals surface area (Å²) in [7, 11) is 0. The SMILES string of the molecule is CCC[CH2][Sn]([CH2]CCC)[S][Sn]([CH2]CCC)[CH2]CCC. The molecule has 0 amide bonds. The summed E-state index contributed by atoms with van der Waals surface area (Å²) >= 11 is -2.01. The van der Waals surface area contributed by atoms with E-state index in [2.05, 4.69) is 33.8 Å². The molecule has 0 aliphatic rings. The third kappa shape index (κ3) is 13.3. The molecule has 0 aliphatic carbocycles. The molecular formula is C16H36SSn2. The Morgan fingerprint density at radius 1 is 0.526 bits per heavy atom. The molecule has 0 saturated heterocycles. The second kappa shape index (κ2) is 16.3. The van der Waals surface area contributed by atoms with Crippen molar-refractivity contribution in [3.8, 4) is 0 Å². The van der Waals surface area contributed by atoms with E-state index in [0.29, 0.717) is 0 Å². The van der Waals surface area contributed by atoms with Crippen molar-refractivity contribution in [2.24, 2.45) is 0 Å². The summed E-state index contributed by atoms with van der Waals surface area (Å²) in [5.41, 5.74) is 0. The van der Waals surface area contributed by atoms with Gasteiger partial charge in [0.15, 0.2) is 0 Å². The predicted molar refractivity (Wildman–Crippen MR) is 98.0 cm³/mol. The Bertz CT molecular complexity index is 142. The van der Waals surface area contributed by atoms with E-state index in [9.17, 15) is 0 Å². The second-order valence-electron chi connectivity index (χ2n) is 5.59. The van der Waals surface area contributed by atoms with Crippen molar-refractivity contribution in [3.63, 3.8) is 0 Å². The maximum absolute atomic E-state index is 2.74. The standard InChI is InChI=1S/4C4H9.S.2Sn/c4*1-3-4-2;;;/h4*1,3-4H2,2H3;;;. The van der Waals surface area contributed by atoms with Gasteiger partial charge < -0.3 is 0 Å². The summed E-state index contributed by atoms with van der Waals surface area (Å²) in [4.78, 5) is 0. The molecule has 19 heavy (non-hydrogen) atoms. The summed E-state index contributed by atoms with van der Waals surface area (Å²) in [6.45, 7) is 9.50. The van der Waals surface area contributed by atoms with E-state index in [-0.39, 0.29) is 0 Å². The van der Waals surface area contributed by atoms with Gasteiger partial charge >= 0.3 is 140 Å². The molecule has 0 heterocycles. The average molecular weight is 498 g/mol. The quantitative estimate of drug-likeness (QED) is 0.235. The molecule has 0 nitrogen and oxygen atoms in total. The van der Waals surface area contributed by atoms with E-state index in [1.165, 1.54) is 25.7 Å². The molecule has 0 unspecified atom stereocenters. The molecule has 0 aromatic rings. The maximum atomic E-state index is 2.74. The molecule has 0 atom stereocenters. The first-order valence-electron chi connectivity index (χ1n) is 8.65. The summed E-state index contributed by atoms with van der Waals surface area (Å²) in [6.07, 6.45) is 14.6. The average Bonchev–Trinajstić information content (AvgIpc) is 2.44.